The molecule has 2 aromatic heterocycles. The summed E-state index contributed by atoms with van der Waals surface area (Å²) in [4.78, 5) is 23.7. The van der Waals surface area contributed by atoms with Gasteiger partial charge in [-0.1, -0.05) is 65.8 Å². The summed E-state index contributed by atoms with van der Waals surface area (Å²) in [5.74, 6) is 0.589. The molecule has 162 valence electrons. The van der Waals surface area contributed by atoms with Crippen LogP contribution in [0.3, 0.4) is 0 Å². The molecule has 0 aliphatic heterocycles. The van der Waals surface area contributed by atoms with Crippen LogP contribution in [0.25, 0.3) is 0 Å². The molecule has 0 saturated carbocycles. The zero-order valence-corrected chi connectivity index (χ0v) is 18.5. The maximum absolute atomic E-state index is 13.4. The Hall–Kier alpha value is -3.16. The molecule has 0 aliphatic rings. The van der Waals surface area contributed by atoms with Gasteiger partial charge in [0.05, 0.1) is 24.0 Å². The number of carbonyl (C=O) groups is 1. The summed E-state index contributed by atoms with van der Waals surface area (Å²) in [6.45, 7) is 0.651. The number of thioether (sulfide) groups is 1. The van der Waals surface area contributed by atoms with Crippen molar-refractivity contribution in [2.75, 3.05) is 0 Å². The SMILES string of the molecule is O=C(c1nc(SCc2ccc(F)cc2)ncc1Cl)N(Cc1ccccc1)Cc1ccco1. The third-order valence-corrected chi connectivity index (χ3v) is 5.85. The van der Waals surface area contributed by atoms with Crippen LogP contribution in [0.2, 0.25) is 5.02 Å². The fourth-order valence-electron chi connectivity index (χ4n) is 3.04. The van der Waals surface area contributed by atoms with E-state index in [4.69, 9.17) is 16.0 Å². The highest BCUT2D eigenvalue weighted by molar-refractivity contribution is 7.98. The summed E-state index contributed by atoms with van der Waals surface area (Å²) in [6, 6.07) is 19.5. The van der Waals surface area contributed by atoms with E-state index in [1.54, 1.807) is 29.4 Å². The molecule has 1 amide bonds. The number of benzene rings is 2. The van der Waals surface area contributed by atoms with Crippen molar-refractivity contribution in [1.82, 2.24) is 14.9 Å². The summed E-state index contributed by atoms with van der Waals surface area (Å²) in [7, 11) is 0. The molecule has 0 spiro atoms. The zero-order chi connectivity index (χ0) is 22.3. The van der Waals surface area contributed by atoms with Crippen LogP contribution >= 0.6 is 23.4 Å². The smallest absolute Gasteiger partial charge is 0.274 e. The Balaban J connectivity index is 1.55. The fraction of sp³-hybridized carbons (Fsp3) is 0.125. The standard InChI is InChI=1S/C24H19ClFN3O2S/c25-21-13-27-24(32-16-18-8-10-19(26)11-9-18)28-22(21)23(30)29(15-20-7-4-12-31-20)14-17-5-2-1-3-6-17/h1-13H,14-16H2. The van der Waals surface area contributed by atoms with Gasteiger partial charge >= 0.3 is 0 Å². The van der Waals surface area contributed by atoms with Gasteiger partial charge in [-0.2, -0.15) is 0 Å². The molecule has 5 nitrogen and oxygen atoms in total. The minimum atomic E-state index is -0.318. The Kier molecular flexibility index (Phi) is 7.19. The van der Waals surface area contributed by atoms with Gasteiger partial charge in [0, 0.05) is 12.3 Å². The molecule has 8 heteroatoms. The van der Waals surface area contributed by atoms with E-state index in [-0.39, 0.29) is 29.0 Å². The lowest BCUT2D eigenvalue weighted by Crippen LogP contribution is -2.31. The predicted octanol–water partition coefficient (Wildman–Crippen LogP) is 6.00. The number of nitrogens with zero attached hydrogens (tertiary/aromatic N) is 3. The average molecular weight is 468 g/mol. The number of hydrogen-bond donors (Lipinski definition) is 0. The largest absolute Gasteiger partial charge is 0.467 e. The highest BCUT2D eigenvalue weighted by atomic mass is 35.5. The molecule has 0 aliphatic carbocycles. The Morgan fingerprint density at radius 2 is 1.78 bits per heavy atom. The second-order valence-corrected chi connectivity index (χ2v) is 8.34. The van der Waals surface area contributed by atoms with Crippen LogP contribution in [0.1, 0.15) is 27.4 Å². The maximum atomic E-state index is 13.4. The van der Waals surface area contributed by atoms with Crippen LogP contribution in [0, 0.1) is 5.82 Å². The van der Waals surface area contributed by atoms with Gasteiger partial charge in [-0.3, -0.25) is 4.79 Å². The Bertz CT molecular complexity index is 1170. The maximum Gasteiger partial charge on any atom is 0.274 e. The molecule has 32 heavy (non-hydrogen) atoms. The molecular weight excluding hydrogens is 449 g/mol. The van der Waals surface area contributed by atoms with Crippen molar-refractivity contribution in [3.05, 3.63) is 113 Å². The van der Waals surface area contributed by atoms with Crippen LogP contribution in [-0.4, -0.2) is 20.8 Å². The minimum Gasteiger partial charge on any atom is -0.467 e. The molecule has 0 unspecified atom stereocenters. The number of hydrogen-bond acceptors (Lipinski definition) is 5. The lowest BCUT2D eigenvalue weighted by atomic mass is 10.2. The van der Waals surface area contributed by atoms with E-state index < -0.39 is 0 Å². The van der Waals surface area contributed by atoms with Crippen molar-refractivity contribution in [3.8, 4) is 0 Å². The van der Waals surface area contributed by atoms with Crippen molar-refractivity contribution in [3.63, 3.8) is 0 Å². The van der Waals surface area contributed by atoms with E-state index in [0.717, 1.165) is 11.1 Å². The molecule has 4 aromatic rings. The molecule has 2 heterocycles. The molecule has 0 radical (unpaired) electrons. The molecule has 0 bridgehead atoms. The zero-order valence-electron chi connectivity index (χ0n) is 16.9. The lowest BCUT2D eigenvalue weighted by molar-refractivity contribution is 0.0710. The van der Waals surface area contributed by atoms with Crippen molar-refractivity contribution in [2.45, 2.75) is 24.0 Å². The summed E-state index contributed by atoms with van der Waals surface area (Å²) in [5.41, 5.74) is 2.03. The van der Waals surface area contributed by atoms with E-state index in [1.807, 2.05) is 36.4 Å². The Labute approximate surface area is 194 Å². The first-order valence-corrected chi connectivity index (χ1v) is 11.2. The number of carbonyl (C=O) groups excluding carboxylic acids is 1. The highest BCUT2D eigenvalue weighted by Gasteiger charge is 2.23. The van der Waals surface area contributed by atoms with Crippen molar-refractivity contribution < 1.29 is 13.6 Å². The first-order valence-electron chi connectivity index (χ1n) is 9.84. The van der Waals surface area contributed by atoms with Gasteiger partial charge < -0.3 is 9.32 Å². The van der Waals surface area contributed by atoms with Crippen LogP contribution in [-0.2, 0) is 18.8 Å². The lowest BCUT2D eigenvalue weighted by Gasteiger charge is -2.22. The van der Waals surface area contributed by atoms with E-state index in [1.165, 1.54) is 30.1 Å². The second-order valence-electron chi connectivity index (χ2n) is 6.99. The summed E-state index contributed by atoms with van der Waals surface area (Å²) < 4.78 is 18.6. The molecular formula is C24H19ClFN3O2S. The van der Waals surface area contributed by atoms with Gasteiger partial charge in [0.15, 0.2) is 10.9 Å². The average Bonchev–Trinajstić information content (AvgIpc) is 3.32. The molecule has 0 saturated heterocycles. The number of amides is 1. The van der Waals surface area contributed by atoms with E-state index in [0.29, 0.717) is 23.2 Å². The monoisotopic (exact) mass is 467 g/mol. The molecule has 0 N–H and O–H groups in total. The van der Waals surface area contributed by atoms with Crippen molar-refractivity contribution in [2.24, 2.45) is 0 Å². The van der Waals surface area contributed by atoms with Crippen LogP contribution in [0.5, 0.6) is 0 Å². The quantitative estimate of drug-likeness (QED) is 0.235. The van der Waals surface area contributed by atoms with Gasteiger partial charge in [-0.25, -0.2) is 14.4 Å². The van der Waals surface area contributed by atoms with Gasteiger partial charge in [-0.15, -0.1) is 0 Å². The third-order valence-electron chi connectivity index (χ3n) is 4.64. The minimum absolute atomic E-state index is 0.130. The van der Waals surface area contributed by atoms with Gasteiger partial charge in [0.2, 0.25) is 0 Å². The van der Waals surface area contributed by atoms with Crippen LogP contribution < -0.4 is 0 Å². The van der Waals surface area contributed by atoms with Crippen LogP contribution in [0.15, 0.2) is 88.8 Å². The summed E-state index contributed by atoms with van der Waals surface area (Å²) in [6.07, 6.45) is 3.00. The summed E-state index contributed by atoms with van der Waals surface area (Å²) in [5, 5.41) is 0.596. The number of halogens is 2. The second kappa shape index (κ2) is 10.4. The van der Waals surface area contributed by atoms with Crippen LogP contribution in [0.4, 0.5) is 4.39 Å². The normalized spacial score (nSPS) is 10.8. The highest BCUT2D eigenvalue weighted by Crippen LogP contribution is 2.24. The number of furan rings is 1. The topological polar surface area (TPSA) is 59.2 Å². The third kappa shape index (κ3) is 5.75. The fourth-order valence-corrected chi connectivity index (χ4v) is 3.99. The van der Waals surface area contributed by atoms with Crippen molar-refractivity contribution >= 4 is 29.3 Å². The van der Waals surface area contributed by atoms with Crippen molar-refractivity contribution in [1.29, 1.82) is 0 Å². The Morgan fingerprint density at radius 3 is 2.50 bits per heavy atom. The van der Waals surface area contributed by atoms with E-state index in [2.05, 4.69) is 9.97 Å². The number of rotatable bonds is 8. The first kappa shape index (κ1) is 22.0. The molecule has 4 rings (SSSR count). The number of aromatic nitrogens is 2. The summed E-state index contributed by atoms with van der Waals surface area (Å²) >= 11 is 7.66. The predicted molar refractivity (Wildman–Crippen MR) is 122 cm³/mol. The first-order chi connectivity index (χ1) is 15.6. The molecule has 2 aromatic carbocycles. The Morgan fingerprint density at radius 1 is 1.00 bits per heavy atom. The van der Waals surface area contributed by atoms with Gasteiger partial charge in [0.25, 0.3) is 5.91 Å². The van der Waals surface area contributed by atoms with E-state index in [9.17, 15) is 9.18 Å². The van der Waals surface area contributed by atoms with E-state index >= 15 is 0 Å². The molecule has 0 fully saturated rings. The molecule has 0 atom stereocenters. The van der Waals surface area contributed by atoms with Gasteiger partial charge in [-0.05, 0) is 35.4 Å². The van der Waals surface area contributed by atoms with Gasteiger partial charge in [0.1, 0.15) is 11.6 Å².